The molecule has 45 heteroatoms. The number of carboxylic acids is 1. The molecule has 744 valence electrons. The fraction of sp³-hybridized carbons (Fsp3) is 0.533. The van der Waals surface area contributed by atoms with Crippen molar-refractivity contribution in [2.75, 3.05) is 64.9 Å². The monoisotopic (exact) mass is 1920 g/mol. The molecule has 23 N–H and O–H groups in total. The van der Waals surface area contributed by atoms with Crippen molar-refractivity contribution in [2.45, 2.75) is 241 Å². The Hall–Kier alpha value is -13.6. The molecular formula is C92H128N22O22S. The van der Waals surface area contributed by atoms with E-state index in [1.165, 1.54) is 57.8 Å². The van der Waals surface area contributed by atoms with Crippen LogP contribution in [0.4, 0.5) is 0 Å². The maximum Gasteiger partial charge on any atom is 0.303 e. The summed E-state index contributed by atoms with van der Waals surface area (Å²) in [6.45, 7) is 5.39. The molecule has 3 aliphatic rings. The smallest absolute Gasteiger partial charge is 0.303 e. The van der Waals surface area contributed by atoms with Gasteiger partial charge in [0.1, 0.15) is 90.3 Å². The second-order valence-electron chi connectivity index (χ2n) is 35.1. The zero-order chi connectivity index (χ0) is 100. The molecule has 0 spiro atoms. The number of nitrogens with two attached hydrogens (primary N) is 3. The number of aromatic nitrogens is 4. The Labute approximate surface area is 795 Å². The summed E-state index contributed by atoms with van der Waals surface area (Å²) in [5.41, 5.74) is 20.2. The highest BCUT2D eigenvalue weighted by molar-refractivity contribution is 8.00. The minimum Gasteiger partial charge on any atom is -0.508 e. The van der Waals surface area contributed by atoms with Crippen LogP contribution >= 0.6 is 11.8 Å². The van der Waals surface area contributed by atoms with Crippen molar-refractivity contribution in [1.82, 2.24) is 97.6 Å². The summed E-state index contributed by atoms with van der Waals surface area (Å²) in [6.07, 6.45) is 1.31. The van der Waals surface area contributed by atoms with Gasteiger partial charge in [0.05, 0.1) is 37.8 Å². The number of aliphatic hydroxyl groups excluding tert-OH is 2. The number of aliphatic hydroxyl groups is 2. The van der Waals surface area contributed by atoms with Crippen LogP contribution in [-0.4, -0.2) is 327 Å². The van der Waals surface area contributed by atoms with E-state index in [4.69, 9.17) is 17.2 Å². The minimum atomic E-state index is -1.85. The Bertz CT molecular complexity index is 5270. The Balaban J connectivity index is 1.12. The molecule has 0 bridgehead atoms. The van der Waals surface area contributed by atoms with Gasteiger partial charge in [-0.3, -0.25) is 86.3 Å². The van der Waals surface area contributed by atoms with Gasteiger partial charge >= 0.3 is 5.97 Å². The van der Waals surface area contributed by atoms with Crippen LogP contribution in [0, 0.1) is 5.92 Å². The van der Waals surface area contributed by atoms with E-state index in [0.29, 0.717) is 57.8 Å². The molecular weight excluding hydrogens is 1800 g/mol. The lowest BCUT2D eigenvalue weighted by atomic mass is 9.99. The summed E-state index contributed by atoms with van der Waals surface area (Å²) in [5.74, 6) is -19.5. The van der Waals surface area contributed by atoms with Crippen molar-refractivity contribution in [2.24, 2.45) is 23.1 Å². The number of para-hydroxylation sites is 2. The maximum atomic E-state index is 16.1. The largest absolute Gasteiger partial charge is 0.508 e. The number of thioether (sulfide) groups is 1. The zero-order valence-corrected chi connectivity index (χ0v) is 78.6. The molecule has 17 amide bonds. The number of phenols is 1. The van der Waals surface area contributed by atoms with Crippen LogP contribution < -0.4 is 70.4 Å². The molecule has 0 aliphatic carbocycles. The van der Waals surface area contributed by atoms with E-state index in [1.54, 1.807) is 74.8 Å². The van der Waals surface area contributed by atoms with E-state index >= 15 is 38.4 Å². The number of primary amides is 2. The van der Waals surface area contributed by atoms with Gasteiger partial charge < -0.3 is 130 Å². The number of phenolic OH excluding ortho intramolecular Hbond substituents is 1. The summed E-state index contributed by atoms with van der Waals surface area (Å²) < 4.78 is 0. The van der Waals surface area contributed by atoms with Crippen LogP contribution in [0.5, 0.6) is 5.75 Å². The summed E-state index contributed by atoms with van der Waals surface area (Å²) in [7, 11) is 2.54. The number of H-pyrrole nitrogens is 3. The van der Waals surface area contributed by atoms with Gasteiger partial charge in [0.2, 0.25) is 100 Å². The average Bonchev–Trinajstić information content (AvgIpc) is 1.76. The third-order valence-electron chi connectivity index (χ3n) is 24.4. The van der Waals surface area contributed by atoms with Gasteiger partial charge in [-0.15, -0.1) is 11.8 Å². The lowest BCUT2D eigenvalue weighted by molar-refractivity contribution is -0.151. The van der Waals surface area contributed by atoms with E-state index < -0.39 is 267 Å². The second-order valence-corrected chi connectivity index (χ2v) is 36.2. The normalized spacial score (nSPS) is 24.6. The van der Waals surface area contributed by atoms with Gasteiger partial charge in [-0.1, -0.05) is 102 Å². The van der Waals surface area contributed by atoms with Gasteiger partial charge in [0.25, 0.3) is 0 Å². The van der Waals surface area contributed by atoms with E-state index in [1.807, 2.05) is 13.8 Å². The number of benzene rings is 3. The number of β-amino-alcohol motifs (C(OH)–C–C–N with tert-alkyl or cyclic N) is 1. The first-order chi connectivity index (χ1) is 65.3. The SMILES string of the molecule is CCCC[C@H]1C(=O)N[C@@H](CC(C)C)C(=O)N[C@H](C(=O)NCC(N)=O)CSCC(=O)N[C@@H](Cc2ccc(O)cc2)C(=O)N(C)[C@@H](C)C(=O)N[C@@H](CC(N)=O)C(=O)N2CCC[C@H]2C(=O)N[C@@H](Cc2cnc[nH]2)C(=O)N[C@@H](CCC(=O)O)C(=O)N2C[C@H](O)C[C@H]2C(=O)N[C@@H](Cc2c[nH]c3ccccc23)C(=O)N[C@@H](CCN)C(=O)N[C@@H](Cc2c[nH]c3ccccc23)C(=O)N(CCO)[C@@H](CCCC)C(=O)N1C. The van der Waals surface area contributed by atoms with Gasteiger partial charge in [-0.25, -0.2) is 4.98 Å². The number of aromatic hydroxyl groups is 1. The van der Waals surface area contributed by atoms with E-state index in [9.17, 15) is 68.4 Å². The Morgan fingerprint density at radius 2 is 1.12 bits per heavy atom. The van der Waals surface area contributed by atoms with Crippen LogP contribution in [0.1, 0.15) is 147 Å². The van der Waals surface area contributed by atoms with Crippen molar-refractivity contribution in [3.05, 3.63) is 120 Å². The summed E-state index contributed by atoms with van der Waals surface area (Å²) >= 11 is 0.775. The lowest BCUT2D eigenvalue weighted by Gasteiger charge is -2.38. The van der Waals surface area contributed by atoms with Crippen LogP contribution in [0.2, 0.25) is 0 Å². The molecule has 15 atom stereocenters. The first-order valence-electron chi connectivity index (χ1n) is 46.0. The number of rotatable bonds is 28. The van der Waals surface area contributed by atoms with Crippen LogP contribution in [-0.2, 0) is 112 Å². The maximum absolute atomic E-state index is 16.1. The van der Waals surface area contributed by atoms with Crippen LogP contribution in [0.3, 0.4) is 0 Å². The van der Waals surface area contributed by atoms with Crippen molar-refractivity contribution < 1.29 is 107 Å². The number of aliphatic carboxylic acids is 1. The molecule has 0 saturated carbocycles. The number of carbonyl (C=O) groups is 18. The number of amides is 17. The summed E-state index contributed by atoms with van der Waals surface area (Å²) in [4.78, 5) is 282. The van der Waals surface area contributed by atoms with E-state index in [-0.39, 0.29) is 94.7 Å². The quantitative estimate of drug-likeness (QED) is 0.0239. The first kappa shape index (κ1) is 107. The molecule has 6 heterocycles. The zero-order valence-electron chi connectivity index (χ0n) is 77.8. The number of likely N-dealkylation sites (N-methyl/N-ethyl adjacent to an activating group) is 2. The Kier molecular flexibility index (Phi) is 40.2. The van der Waals surface area contributed by atoms with Crippen molar-refractivity contribution >= 4 is 140 Å². The van der Waals surface area contributed by atoms with Crippen molar-refractivity contribution in [1.29, 1.82) is 0 Å². The fourth-order valence-electron chi connectivity index (χ4n) is 17.0. The number of carboxylic acid groups (broad SMARTS) is 1. The number of imidazole rings is 1. The Morgan fingerprint density at radius 3 is 1.72 bits per heavy atom. The molecule has 3 aromatic carbocycles. The summed E-state index contributed by atoms with van der Waals surface area (Å²) in [5, 5.41) is 70.5. The number of aromatic amines is 3. The molecule has 137 heavy (non-hydrogen) atoms. The number of fused-ring (bicyclic) bond motifs is 4. The highest BCUT2D eigenvalue weighted by Gasteiger charge is 2.47. The molecule has 6 aromatic rings. The third kappa shape index (κ3) is 30.0. The molecule has 0 radical (unpaired) electrons. The predicted molar refractivity (Wildman–Crippen MR) is 500 cm³/mol. The number of carbonyl (C=O) groups excluding carboxylic acids is 17. The molecule has 3 aliphatic heterocycles. The lowest BCUT2D eigenvalue weighted by Crippen LogP contribution is -2.62. The van der Waals surface area contributed by atoms with Gasteiger partial charge in [-0.2, -0.15) is 0 Å². The Morgan fingerprint density at radius 1 is 0.569 bits per heavy atom. The highest BCUT2D eigenvalue weighted by Crippen LogP contribution is 2.29. The number of hydrogen-bond acceptors (Lipinski definition) is 24. The second kappa shape index (κ2) is 51.4. The van der Waals surface area contributed by atoms with Crippen LogP contribution in [0.25, 0.3) is 21.8 Å². The summed E-state index contributed by atoms with van der Waals surface area (Å²) in [6, 6.07) is -2.91. The number of unbranched alkanes of at least 4 members (excludes halogenated alkanes) is 2. The third-order valence-corrected chi connectivity index (χ3v) is 25.5. The van der Waals surface area contributed by atoms with Gasteiger partial charge in [0, 0.05) is 124 Å². The van der Waals surface area contributed by atoms with E-state index in [0.717, 1.165) is 36.3 Å². The highest BCUT2D eigenvalue weighted by atomic mass is 32.2. The van der Waals surface area contributed by atoms with Gasteiger partial charge in [0.15, 0.2) is 0 Å². The van der Waals surface area contributed by atoms with E-state index in [2.05, 4.69) is 73.1 Å². The number of hydrogen-bond donors (Lipinski definition) is 20. The predicted octanol–water partition coefficient (Wildman–Crippen LogP) is -2.61. The molecule has 3 fully saturated rings. The molecule has 3 aromatic heterocycles. The molecule has 0 unspecified atom stereocenters. The van der Waals surface area contributed by atoms with Crippen LogP contribution in [0.15, 0.2) is 97.7 Å². The van der Waals surface area contributed by atoms with Gasteiger partial charge in [-0.05, 0) is 105 Å². The fourth-order valence-corrected chi connectivity index (χ4v) is 17.9. The molecule has 9 rings (SSSR count). The van der Waals surface area contributed by atoms with Crippen molar-refractivity contribution in [3.8, 4) is 5.75 Å². The molecule has 3 saturated heterocycles. The topological polar surface area (TPSA) is 663 Å². The number of nitrogens with zero attached hydrogens (tertiary/aromatic N) is 6. The van der Waals surface area contributed by atoms with Crippen molar-refractivity contribution in [3.63, 3.8) is 0 Å². The standard InChI is InChI=1S/C92H128N22O22S/c1-8-10-21-71-85(129)104-64(35-50(3)4)82(126)109-70(80(124)99-45-76(95)119)47-137-48-77(120)101-67(36-52-24-26-56(116)27-25-52)88(132)110(6)51(5)79(123)107-69(41-75(94)118)91(135)112-32-16-23-72(112)86(130)106-66(39-55-44-96-49-100-55)84(128)103-63(28-29-78(121)122)89(133)114-46-57(117)40-74(114)87(131)105-65(37-53-42-97-60-19-14-12-17-58(53)60)83(127)102-62(30-31-93)81(125)108-68(38-54-43-98-61-20-15-13-18-59(54)61)90(134)113(33-34-115)73(22-11-9-2)92(136)111(71)7/h12-15,17-20,24-27,42-44,49-51,57,62-74,97-98,115-117H,8-11,16,21-23,28-41,45-48,93H2,1-7H3,(H2,94,118)(H2,95,119)(H,96,100)(H,99,124)(H,101,120)(H,102,127)(H,103,128)(H,104,129)(H,105,131)(H,106,130)(H,107,123)(H,108,125)(H,109,126)(H,121,122)/t51-,57+,62-,63-,64-,65-,66-,67-,68-,69-,70-,71-,72-,73-,74-/m0/s1. The molecule has 44 nitrogen and oxygen atoms in total. The average molecular weight is 1930 g/mol. The first-order valence-corrected chi connectivity index (χ1v) is 47.1. The number of nitrogens with one attached hydrogen (secondary N) is 13. The minimum absolute atomic E-state index is 0.0184.